The summed E-state index contributed by atoms with van der Waals surface area (Å²) in [6.45, 7) is 9.73. The monoisotopic (exact) mass is 335 g/mol. The van der Waals surface area contributed by atoms with E-state index in [4.69, 9.17) is 4.52 Å². The average molecular weight is 335 g/mol. The van der Waals surface area contributed by atoms with Gasteiger partial charge in [-0.2, -0.15) is 4.98 Å². The van der Waals surface area contributed by atoms with Crippen molar-refractivity contribution >= 4 is 5.96 Å². The molecule has 0 aliphatic heterocycles. The van der Waals surface area contributed by atoms with Crippen LogP contribution in [0.25, 0.3) is 0 Å². The Morgan fingerprint density at radius 3 is 2.75 bits per heavy atom. The SMILES string of the molecule is C=CCCCCCN(C)C(=NC)NCCCc1nc(C(C)C)no1. The predicted molar refractivity (Wildman–Crippen MR) is 99.4 cm³/mol. The second kappa shape index (κ2) is 11.6. The molecule has 0 aliphatic rings. The molecule has 0 saturated heterocycles. The van der Waals surface area contributed by atoms with Crippen molar-refractivity contribution in [3.05, 3.63) is 24.4 Å². The van der Waals surface area contributed by atoms with Gasteiger partial charge in [-0.3, -0.25) is 4.99 Å². The van der Waals surface area contributed by atoms with Crippen molar-refractivity contribution < 1.29 is 4.52 Å². The number of aliphatic imine (C=N–C) groups is 1. The lowest BCUT2D eigenvalue weighted by Gasteiger charge is -2.21. The fourth-order valence-corrected chi connectivity index (χ4v) is 2.35. The number of aryl methyl sites for hydroxylation is 1. The number of allylic oxidation sites excluding steroid dienone is 1. The van der Waals surface area contributed by atoms with Crippen LogP contribution in [0.1, 0.15) is 63.6 Å². The van der Waals surface area contributed by atoms with Crippen LogP contribution in [-0.2, 0) is 6.42 Å². The Bertz CT molecular complexity index is 495. The minimum atomic E-state index is 0.305. The van der Waals surface area contributed by atoms with Gasteiger partial charge in [-0.1, -0.05) is 31.5 Å². The molecule has 0 spiro atoms. The largest absolute Gasteiger partial charge is 0.356 e. The zero-order chi connectivity index (χ0) is 17.8. The molecule has 0 bridgehead atoms. The van der Waals surface area contributed by atoms with E-state index < -0.39 is 0 Å². The topological polar surface area (TPSA) is 66.5 Å². The van der Waals surface area contributed by atoms with Crippen LogP contribution in [0.4, 0.5) is 0 Å². The molecule has 6 heteroatoms. The van der Waals surface area contributed by atoms with Crippen LogP contribution in [0.3, 0.4) is 0 Å². The van der Waals surface area contributed by atoms with Gasteiger partial charge < -0.3 is 14.7 Å². The van der Waals surface area contributed by atoms with E-state index in [1.807, 2.05) is 13.1 Å². The second-order valence-corrected chi connectivity index (χ2v) is 6.34. The second-order valence-electron chi connectivity index (χ2n) is 6.34. The molecule has 0 radical (unpaired) electrons. The molecule has 1 N–H and O–H groups in total. The van der Waals surface area contributed by atoms with Crippen LogP contribution in [0.15, 0.2) is 22.2 Å². The Morgan fingerprint density at radius 1 is 1.33 bits per heavy atom. The number of nitrogens with one attached hydrogen (secondary N) is 1. The normalized spacial score (nSPS) is 11.8. The first-order valence-electron chi connectivity index (χ1n) is 8.93. The maximum Gasteiger partial charge on any atom is 0.226 e. The van der Waals surface area contributed by atoms with Crippen molar-refractivity contribution in [3.8, 4) is 0 Å². The van der Waals surface area contributed by atoms with Gasteiger partial charge in [0, 0.05) is 39.5 Å². The third-order valence-electron chi connectivity index (χ3n) is 3.83. The first kappa shape index (κ1) is 20.2. The summed E-state index contributed by atoms with van der Waals surface area (Å²) in [6, 6.07) is 0. The van der Waals surface area contributed by atoms with Crippen molar-refractivity contribution in [2.45, 2.75) is 58.3 Å². The molecular weight excluding hydrogens is 302 g/mol. The van der Waals surface area contributed by atoms with Gasteiger partial charge >= 0.3 is 0 Å². The Labute approximate surface area is 146 Å². The van der Waals surface area contributed by atoms with Gasteiger partial charge in [0.25, 0.3) is 0 Å². The van der Waals surface area contributed by atoms with E-state index in [2.05, 4.69) is 52.8 Å². The van der Waals surface area contributed by atoms with Gasteiger partial charge in [-0.05, 0) is 25.7 Å². The number of aromatic nitrogens is 2. The van der Waals surface area contributed by atoms with Crippen molar-refractivity contribution in [2.24, 2.45) is 4.99 Å². The number of hydrogen-bond acceptors (Lipinski definition) is 4. The number of unbranched alkanes of at least 4 members (excludes halogenated alkanes) is 3. The predicted octanol–water partition coefficient (Wildman–Crippen LogP) is 3.38. The third kappa shape index (κ3) is 7.62. The highest BCUT2D eigenvalue weighted by molar-refractivity contribution is 5.79. The maximum atomic E-state index is 5.26. The molecule has 24 heavy (non-hydrogen) atoms. The molecule has 0 unspecified atom stereocenters. The minimum absolute atomic E-state index is 0.305. The Balaban J connectivity index is 2.21. The van der Waals surface area contributed by atoms with Gasteiger partial charge in [0.05, 0.1) is 0 Å². The highest BCUT2D eigenvalue weighted by atomic mass is 16.5. The summed E-state index contributed by atoms with van der Waals surface area (Å²) in [6.07, 6.45) is 8.42. The van der Waals surface area contributed by atoms with Crippen LogP contribution < -0.4 is 5.32 Å². The first-order valence-corrected chi connectivity index (χ1v) is 8.93. The van der Waals surface area contributed by atoms with Gasteiger partial charge in [0.1, 0.15) is 0 Å². The zero-order valence-electron chi connectivity index (χ0n) is 15.7. The highest BCUT2D eigenvalue weighted by Gasteiger charge is 2.09. The number of guanidine groups is 1. The molecule has 0 amide bonds. The van der Waals surface area contributed by atoms with Crippen LogP contribution >= 0.6 is 0 Å². The fraction of sp³-hybridized carbons (Fsp3) is 0.722. The standard InChI is InChI=1S/C18H33N5O/c1-6-7-8-9-10-14-23(5)18(19-4)20-13-11-12-16-21-17(15(2)3)22-24-16/h6,15H,1,7-14H2,2-5H3,(H,19,20). The Hall–Kier alpha value is -1.85. The summed E-state index contributed by atoms with van der Waals surface area (Å²) in [4.78, 5) is 10.9. The van der Waals surface area contributed by atoms with Crippen molar-refractivity contribution in [2.75, 3.05) is 27.2 Å². The van der Waals surface area contributed by atoms with E-state index in [-0.39, 0.29) is 0 Å². The molecule has 1 aromatic rings. The van der Waals surface area contributed by atoms with Gasteiger partial charge in [-0.25, -0.2) is 0 Å². The molecule has 1 aromatic heterocycles. The van der Waals surface area contributed by atoms with Crippen LogP contribution in [0, 0.1) is 0 Å². The summed E-state index contributed by atoms with van der Waals surface area (Å²) in [5.41, 5.74) is 0. The van der Waals surface area contributed by atoms with Gasteiger partial charge in [-0.15, -0.1) is 6.58 Å². The summed E-state index contributed by atoms with van der Waals surface area (Å²) < 4.78 is 5.26. The molecular formula is C18H33N5O. The molecule has 0 atom stereocenters. The summed E-state index contributed by atoms with van der Waals surface area (Å²) in [5.74, 6) is 2.74. The molecule has 136 valence electrons. The molecule has 0 fully saturated rings. The van der Waals surface area contributed by atoms with E-state index in [1.165, 1.54) is 19.3 Å². The minimum Gasteiger partial charge on any atom is -0.356 e. The van der Waals surface area contributed by atoms with Gasteiger partial charge in [0.2, 0.25) is 5.89 Å². The third-order valence-corrected chi connectivity index (χ3v) is 3.83. The lowest BCUT2D eigenvalue weighted by Crippen LogP contribution is -2.39. The maximum absolute atomic E-state index is 5.26. The smallest absolute Gasteiger partial charge is 0.226 e. The van der Waals surface area contributed by atoms with Crippen molar-refractivity contribution in [3.63, 3.8) is 0 Å². The van der Waals surface area contributed by atoms with Crippen LogP contribution in [-0.4, -0.2) is 48.2 Å². The molecule has 0 saturated carbocycles. The Morgan fingerprint density at radius 2 is 2.12 bits per heavy atom. The van der Waals surface area contributed by atoms with E-state index in [0.717, 1.165) is 44.1 Å². The van der Waals surface area contributed by atoms with E-state index in [1.54, 1.807) is 0 Å². The zero-order valence-corrected chi connectivity index (χ0v) is 15.7. The number of nitrogens with zero attached hydrogens (tertiary/aromatic N) is 4. The summed E-state index contributed by atoms with van der Waals surface area (Å²) in [5, 5.41) is 7.38. The molecule has 1 heterocycles. The molecule has 1 rings (SSSR count). The number of rotatable bonds is 11. The van der Waals surface area contributed by atoms with E-state index in [9.17, 15) is 0 Å². The number of hydrogen-bond donors (Lipinski definition) is 1. The van der Waals surface area contributed by atoms with Crippen LogP contribution in [0.2, 0.25) is 0 Å². The van der Waals surface area contributed by atoms with E-state index in [0.29, 0.717) is 11.8 Å². The van der Waals surface area contributed by atoms with Crippen molar-refractivity contribution in [1.82, 2.24) is 20.4 Å². The van der Waals surface area contributed by atoms with Crippen LogP contribution in [0.5, 0.6) is 0 Å². The average Bonchev–Trinajstić information content (AvgIpc) is 3.03. The highest BCUT2D eigenvalue weighted by Crippen LogP contribution is 2.10. The lowest BCUT2D eigenvalue weighted by molar-refractivity contribution is 0.368. The van der Waals surface area contributed by atoms with Crippen molar-refractivity contribution in [1.29, 1.82) is 0 Å². The molecule has 0 aromatic carbocycles. The van der Waals surface area contributed by atoms with E-state index >= 15 is 0 Å². The summed E-state index contributed by atoms with van der Waals surface area (Å²) in [7, 11) is 3.90. The summed E-state index contributed by atoms with van der Waals surface area (Å²) >= 11 is 0. The lowest BCUT2D eigenvalue weighted by atomic mass is 10.2. The quantitative estimate of drug-likeness (QED) is 0.291. The fourth-order valence-electron chi connectivity index (χ4n) is 2.35. The molecule has 6 nitrogen and oxygen atoms in total. The molecule has 0 aliphatic carbocycles. The first-order chi connectivity index (χ1) is 11.6. The Kier molecular flexibility index (Phi) is 9.80. The van der Waals surface area contributed by atoms with Gasteiger partial charge in [0.15, 0.2) is 11.8 Å².